The van der Waals surface area contributed by atoms with Gasteiger partial charge in [-0.25, -0.2) is 0 Å². The molecule has 2 aromatic rings. The van der Waals surface area contributed by atoms with Crippen LogP contribution in [0.1, 0.15) is 49.9 Å². The van der Waals surface area contributed by atoms with Gasteiger partial charge in [0.1, 0.15) is 17.6 Å². The summed E-state index contributed by atoms with van der Waals surface area (Å²) in [5.74, 6) is 1.92. The van der Waals surface area contributed by atoms with Crippen molar-refractivity contribution in [1.82, 2.24) is 0 Å². The third-order valence-electron chi connectivity index (χ3n) is 6.10. The lowest BCUT2D eigenvalue weighted by Crippen LogP contribution is -2.89. The van der Waals surface area contributed by atoms with Gasteiger partial charge in [-0.1, -0.05) is 31.2 Å². The van der Waals surface area contributed by atoms with E-state index in [0.717, 1.165) is 36.7 Å². The van der Waals surface area contributed by atoms with Crippen LogP contribution in [0.25, 0.3) is 5.57 Å². The fraction of sp³-hybridized carbons (Fsp3) is 0.321. The van der Waals surface area contributed by atoms with Crippen molar-refractivity contribution < 1.29 is 19.6 Å². The molecule has 172 valence electrons. The van der Waals surface area contributed by atoms with E-state index in [0.29, 0.717) is 6.04 Å². The molecule has 0 aromatic heterocycles. The van der Waals surface area contributed by atoms with Gasteiger partial charge in [0.15, 0.2) is 0 Å². The number of hydrogen-bond donors (Lipinski definition) is 2. The van der Waals surface area contributed by atoms with Crippen LogP contribution in [0.4, 0.5) is 5.69 Å². The lowest BCUT2D eigenvalue weighted by Gasteiger charge is -2.30. The summed E-state index contributed by atoms with van der Waals surface area (Å²) in [7, 11) is 0. The number of aryl methyl sites for hydroxylation is 2. The summed E-state index contributed by atoms with van der Waals surface area (Å²) in [6, 6.07) is 13.6. The van der Waals surface area contributed by atoms with E-state index in [4.69, 9.17) is 14.3 Å². The van der Waals surface area contributed by atoms with Crippen LogP contribution in [0.3, 0.4) is 0 Å². The lowest BCUT2D eigenvalue weighted by molar-refractivity contribution is -0.668. The van der Waals surface area contributed by atoms with Crippen molar-refractivity contribution in [2.75, 3.05) is 18.4 Å². The summed E-state index contributed by atoms with van der Waals surface area (Å²) < 4.78 is 6.53. The maximum atomic E-state index is 8.12. The second-order valence-corrected chi connectivity index (χ2v) is 8.27. The zero-order valence-corrected chi connectivity index (χ0v) is 20.1. The van der Waals surface area contributed by atoms with E-state index < -0.39 is 0 Å². The van der Waals surface area contributed by atoms with E-state index >= 15 is 0 Å². The number of nitrogens with one attached hydrogen (secondary N) is 1. The molecule has 5 heteroatoms. The molecule has 0 saturated heterocycles. The molecule has 0 bridgehead atoms. The molecule has 4 rings (SSSR count). The van der Waals surface area contributed by atoms with Gasteiger partial charge >= 0.3 is 6.15 Å². The molecule has 2 aromatic carbocycles. The van der Waals surface area contributed by atoms with Crippen LogP contribution in [0.15, 0.2) is 65.5 Å². The fourth-order valence-corrected chi connectivity index (χ4v) is 4.55. The minimum atomic E-state index is 0.250. The molecule has 2 aliphatic rings. The molecule has 1 atom stereocenters. The first-order valence-electron chi connectivity index (χ1n) is 11.6. The number of fused-ring (bicyclic) bond motifs is 2. The van der Waals surface area contributed by atoms with E-state index in [1.54, 1.807) is 0 Å². The largest absolute Gasteiger partial charge is 0.456 e. The van der Waals surface area contributed by atoms with Crippen molar-refractivity contribution in [2.45, 2.75) is 47.1 Å². The standard InChI is InChI=1S/C27H32N2O.CO2/c1-6-19-11-9-10-12-20(19)27-21-13-17(4)23(28-7-2)15-25(21)30-26-16-24(29-8-3)18(5)14-22(26)27;2-1-3/h9-16,23,28-29H,6-8H2,1-5H3;/p+1. The number of rotatable bonds is 6. The molecule has 3 N–H and O–H groups in total. The van der Waals surface area contributed by atoms with Gasteiger partial charge in [0.05, 0.1) is 6.54 Å². The Kier molecular flexibility index (Phi) is 8.05. The monoisotopic (exact) mass is 445 g/mol. The number of ether oxygens (including phenoxy) is 1. The SMILES string of the molecule is CCNc1cc2c(cc1C)C(c1ccccc1CC)=C1C=C(C)C([NH2+]CC)C=C1O2.O=C=O. The summed E-state index contributed by atoms with van der Waals surface area (Å²) in [5, 5.41) is 5.83. The summed E-state index contributed by atoms with van der Waals surface area (Å²) in [5.41, 5.74) is 10.1. The van der Waals surface area contributed by atoms with Crippen molar-refractivity contribution in [1.29, 1.82) is 0 Å². The highest BCUT2D eigenvalue weighted by Gasteiger charge is 2.31. The Balaban J connectivity index is 0.000000968. The zero-order chi connectivity index (χ0) is 24.0. The van der Waals surface area contributed by atoms with Crippen LogP contribution in [0.5, 0.6) is 5.75 Å². The van der Waals surface area contributed by atoms with Crippen LogP contribution in [0, 0.1) is 6.92 Å². The number of nitrogens with two attached hydrogens (primary N) is 1. The molecule has 1 aliphatic heterocycles. The number of allylic oxidation sites excluding steroid dienone is 1. The van der Waals surface area contributed by atoms with E-state index in [2.05, 4.69) is 93.8 Å². The first-order valence-corrected chi connectivity index (χ1v) is 11.6. The highest BCUT2D eigenvalue weighted by Crippen LogP contribution is 2.46. The summed E-state index contributed by atoms with van der Waals surface area (Å²) in [4.78, 5) is 16.2. The number of carbonyl (C=O) groups excluding carboxylic acids is 2. The molecular weight excluding hydrogens is 412 g/mol. The quantitative estimate of drug-likeness (QED) is 0.692. The van der Waals surface area contributed by atoms with Gasteiger partial charge in [-0.15, -0.1) is 0 Å². The van der Waals surface area contributed by atoms with Crippen molar-refractivity contribution in [3.05, 3.63) is 87.7 Å². The van der Waals surface area contributed by atoms with Gasteiger partial charge in [0, 0.05) is 41.1 Å². The molecule has 0 fully saturated rings. The molecule has 0 radical (unpaired) electrons. The van der Waals surface area contributed by atoms with Crippen LogP contribution in [0.2, 0.25) is 0 Å². The summed E-state index contributed by atoms with van der Waals surface area (Å²) in [6.07, 6.45) is 5.88. The molecule has 0 amide bonds. The molecule has 0 spiro atoms. The number of quaternary nitrogens is 1. The highest BCUT2D eigenvalue weighted by molar-refractivity contribution is 5.92. The van der Waals surface area contributed by atoms with Gasteiger partial charge in [-0.05, 0) is 68.5 Å². The van der Waals surface area contributed by atoms with Crippen LogP contribution in [-0.2, 0) is 16.0 Å². The minimum absolute atomic E-state index is 0.250. The minimum Gasteiger partial charge on any atom is -0.456 e. The molecule has 1 unspecified atom stereocenters. The van der Waals surface area contributed by atoms with Crippen molar-refractivity contribution >= 4 is 17.4 Å². The van der Waals surface area contributed by atoms with Gasteiger partial charge in [0.2, 0.25) is 0 Å². The number of hydrogen-bond acceptors (Lipinski definition) is 4. The second-order valence-electron chi connectivity index (χ2n) is 8.27. The van der Waals surface area contributed by atoms with Crippen LogP contribution >= 0.6 is 0 Å². The Hall–Kier alpha value is -3.40. The molecule has 5 nitrogen and oxygen atoms in total. The van der Waals surface area contributed by atoms with Crippen molar-refractivity contribution in [3.63, 3.8) is 0 Å². The maximum absolute atomic E-state index is 8.12. The first-order chi connectivity index (χ1) is 16.0. The molecule has 33 heavy (non-hydrogen) atoms. The van der Waals surface area contributed by atoms with E-state index in [1.165, 1.54) is 39.0 Å². The maximum Gasteiger partial charge on any atom is 0.373 e. The topological polar surface area (TPSA) is 72.0 Å². The van der Waals surface area contributed by atoms with E-state index in [1.807, 2.05) is 0 Å². The van der Waals surface area contributed by atoms with Gasteiger partial charge < -0.3 is 15.4 Å². The van der Waals surface area contributed by atoms with Crippen LogP contribution < -0.4 is 15.4 Å². The molecular formula is C28H33N2O3+. The van der Waals surface area contributed by atoms with Gasteiger partial charge in [-0.2, -0.15) is 9.59 Å². The number of anilines is 1. The normalized spacial score (nSPS) is 16.2. The van der Waals surface area contributed by atoms with Gasteiger partial charge in [0.25, 0.3) is 0 Å². The third-order valence-corrected chi connectivity index (χ3v) is 6.10. The number of likely N-dealkylation sites (N-methyl/N-ethyl adjacent to an activating group) is 1. The fourth-order valence-electron chi connectivity index (χ4n) is 4.55. The molecule has 0 saturated carbocycles. The zero-order valence-electron chi connectivity index (χ0n) is 20.1. The predicted molar refractivity (Wildman–Crippen MR) is 131 cm³/mol. The van der Waals surface area contributed by atoms with Gasteiger partial charge in [-0.3, -0.25) is 0 Å². The highest BCUT2D eigenvalue weighted by atomic mass is 16.5. The Bertz CT molecular complexity index is 1150. The third kappa shape index (κ3) is 5.00. The van der Waals surface area contributed by atoms with Crippen molar-refractivity contribution in [2.24, 2.45) is 0 Å². The lowest BCUT2D eigenvalue weighted by atomic mass is 9.82. The average molecular weight is 446 g/mol. The van der Waals surface area contributed by atoms with Crippen molar-refractivity contribution in [3.8, 4) is 5.75 Å². The Labute approximate surface area is 196 Å². The Morgan fingerprint density at radius 2 is 1.79 bits per heavy atom. The van der Waals surface area contributed by atoms with E-state index in [9.17, 15) is 0 Å². The van der Waals surface area contributed by atoms with E-state index in [-0.39, 0.29) is 6.15 Å². The molecule has 1 aliphatic carbocycles. The van der Waals surface area contributed by atoms with Crippen LogP contribution in [-0.4, -0.2) is 25.3 Å². The second kappa shape index (κ2) is 11.0. The average Bonchev–Trinajstić information content (AvgIpc) is 2.80. The molecule has 1 heterocycles. The number of benzene rings is 2. The smallest absolute Gasteiger partial charge is 0.373 e. The Morgan fingerprint density at radius 3 is 2.45 bits per heavy atom. The predicted octanol–water partition coefficient (Wildman–Crippen LogP) is 4.40. The Morgan fingerprint density at radius 1 is 1.06 bits per heavy atom. The summed E-state index contributed by atoms with van der Waals surface area (Å²) in [6.45, 7) is 12.9. The summed E-state index contributed by atoms with van der Waals surface area (Å²) >= 11 is 0. The first kappa shape index (κ1) is 24.2.